The van der Waals surface area contributed by atoms with Crippen LogP contribution in [0.15, 0.2) is 69.1 Å². The van der Waals surface area contributed by atoms with Gasteiger partial charge in [0.15, 0.2) is 10.3 Å². The maximum atomic E-state index is 13.0. The van der Waals surface area contributed by atoms with E-state index in [0.717, 1.165) is 25.7 Å². The molecule has 0 bridgehead atoms. The van der Waals surface area contributed by atoms with Gasteiger partial charge in [0.25, 0.3) is 11.8 Å². The standard InChI is InChI=1S/C32H36N6O6S4/c1-21-11-15-37(16-12-21)47(41,42)25-7-3-23(4-8-25)29(39)35-31-33-27(19-45-31)28-20-46-32(34-28)36-30(40)24-5-9-26(10-6-24)48(43,44)38-17-13-22(2)14-18-38/h3-10,19-22H,11-18H2,1-2H3,(H,33,35,39)(H,34,36,40). The van der Waals surface area contributed by atoms with Crippen LogP contribution in [0.1, 0.15) is 60.2 Å². The molecule has 254 valence electrons. The second-order valence-electron chi connectivity index (χ2n) is 12.2. The summed E-state index contributed by atoms with van der Waals surface area (Å²) in [6.45, 7) is 6.21. The van der Waals surface area contributed by atoms with Gasteiger partial charge in [0.2, 0.25) is 20.0 Å². The first kappa shape index (κ1) is 34.3. The Hall–Kier alpha value is -3.54. The normalized spacial score (nSPS) is 17.3. The van der Waals surface area contributed by atoms with Crippen molar-refractivity contribution in [2.45, 2.75) is 49.3 Å². The maximum absolute atomic E-state index is 13.0. The minimum Gasteiger partial charge on any atom is -0.298 e. The van der Waals surface area contributed by atoms with Gasteiger partial charge in [0.05, 0.1) is 9.79 Å². The van der Waals surface area contributed by atoms with Crippen molar-refractivity contribution in [2.75, 3.05) is 36.8 Å². The number of hydrogen-bond donors (Lipinski definition) is 2. The predicted molar refractivity (Wildman–Crippen MR) is 186 cm³/mol. The third-order valence-electron chi connectivity index (χ3n) is 8.71. The summed E-state index contributed by atoms with van der Waals surface area (Å²) in [7, 11) is -7.23. The number of nitrogens with zero attached hydrogens (tertiary/aromatic N) is 4. The summed E-state index contributed by atoms with van der Waals surface area (Å²) in [6, 6.07) is 11.8. The van der Waals surface area contributed by atoms with Crippen LogP contribution >= 0.6 is 22.7 Å². The van der Waals surface area contributed by atoms with Gasteiger partial charge < -0.3 is 0 Å². The summed E-state index contributed by atoms with van der Waals surface area (Å²) in [5.74, 6) is 0.154. The molecule has 0 atom stereocenters. The second-order valence-corrected chi connectivity index (χ2v) is 17.8. The zero-order chi connectivity index (χ0) is 34.1. The summed E-state index contributed by atoms with van der Waals surface area (Å²) < 4.78 is 55.0. The zero-order valence-corrected chi connectivity index (χ0v) is 29.7. The molecule has 0 unspecified atom stereocenters. The molecule has 12 nitrogen and oxygen atoms in total. The van der Waals surface area contributed by atoms with Crippen LogP contribution in [-0.4, -0.2) is 73.4 Å². The van der Waals surface area contributed by atoms with Crippen molar-refractivity contribution in [3.63, 3.8) is 0 Å². The van der Waals surface area contributed by atoms with E-state index in [2.05, 4.69) is 34.4 Å². The van der Waals surface area contributed by atoms with Gasteiger partial charge in [-0.05, 0) is 86.1 Å². The quantitative estimate of drug-likeness (QED) is 0.225. The van der Waals surface area contributed by atoms with Crippen molar-refractivity contribution < 1.29 is 26.4 Å². The van der Waals surface area contributed by atoms with Gasteiger partial charge in [-0.3, -0.25) is 20.2 Å². The molecule has 2 saturated heterocycles. The number of benzene rings is 2. The Bertz CT molecular complexity index is 1850. The molecule has 2 aromatic heterocycles. The number of amides is 2. The van der Waals surface area contributed by atoms with Crippen molar-refractivity contribution in [1.82, 2.24) is 18.6 Å². The number of piperidine rings is 2. The molecule has 16 heteroatoms. The lowest BCUT2D eigenvalue weighted by molar-refractivity contribution is 0.101. The highest BCUT2D eigenvalue weighted by atomic mass is 32.2. The number of carbonyl (C=O) groups is 2. The van der Waals surface area contributed by atoms with Crippen LogP contribution < -0.4 is 10.6 Å². The molecule has 2 aliphatic heterocycles. The monoisotopic (exact) mass is 728 g/mol. The van der Waals surface area contributed by atoms with Crippen molar-refractivity contribution in [1.29, 1.82) is 0 Å². The van der Waals surface area contributed by atoms with Crippen LogP contribution in [-0.2, 0) is 20.0 Å². The van der Waals surface area contributed by atoms with Crippen molar-refractivity contribution in [3.05, 3.63) is 70.4 Å². The Balaban J connectivity index is 1.04. The van der Waals surface area contributed by atoms with E-state index in [1.54, 1.807) is 10.8 Å². The Kier molecular flexibility index (Phi) is 10.1. The van der Waals surface area contributed by atoms with Gasteiger partial charge in [-0.2, -0.15) is 8.61 Å². The highest BCUT2D eigenvalue weighted by Crippen LogP contribution is 2.30. The largest absolute Gasteiger partial charge is 0.298 e. The molecule has 4 heterocycles. The molecule has 0 spiro atoms. The van der Waals surface area contributed by atoms with Crippen LogP contribution in [0.4, 0.5) is 10.3 Å². The maximum Gasteiger partial charge on any atom is 0.257 e. The van der Waals surface area contributed by atoms with E-state index in [4.69, 9.17) is 0 Å². The van der Waals surface area contributed by atoms with E-state index in [-0.39, 0.29) is 9.79 Å². The lowest BCUT2D eigenvalue weighted by Crippen LogP contribution is -2.37. The minimum absolute atomic E-state index is 0.157. The lowest BCUT2D eigenvalue weighted by atomic mass is 10.0. The Morgan fingerprint density at radius 1 is 0.625 bits per heavy atom. The van der Waals surface area contributed by atoms with E-state index in [1.165, 1.54) is 79.8 Å². The molecule has 6 rings (SSSR count). The number of carbonyl (C=O) groups excluding carboxylic acids is 2. The SMILES string of the molecule is CC1CCN(S(=O)(=O)c2ccc(C(=O)Nc3nc(-c4csc(NC(=O)c5ccc(S(=O)(=O)N6CCC(C)CC6)cc5)n4)cs3)cc2)CC1. The van der Waals surface area contributed by atoms with Crippen LogP contribution in [0.5, 0.6) is 0 Å². The number of sulfonamides is 2. The van der Waals surface area contributed by atoms with Crippen LogP contribution in [0.2, 0.25) is 0 Å². The fourth-order valence-corrected chi connectivity index (χ4v) is 9.88. The number of nitrogens with one attached hydrogen (secondary N) is 2. The van der Waals surface area contributed by atoms with Gasteiger partial charge in [0.1, 0.15) is 11.4 Å². The first-order valence-corrected chi connectivity index (χ1v) is 20.3. The van der Waals surface area contributed by atoms with Crippen LogP contribution in [0.3, 0.4) is 0 Å². The molecule has 0 saturated carbocycles. The van der Waals surface area contributed by atoms with Crippen molar-refractivity contribution in [3.8, 4) is 11.4 Å². The number of thiazole rings is 2. The fourth-order valence-electron chi connectivity index (χ4n) is 5.54. The average molecular weight is 729 g/mol. The topological polar surface area (TPSA) is 159 Å². The Labute approximate surface area is 288 Å². The van der Waals surface area contributed by atoms with E-state index in [1.807, 2.05) is 0 Å². The summed E-state index contributed by atoms with van der Waals surface area (Å²) in [6.07, 6.45) is 3.31. The number of rotatable bonds is 9. The molecular weight excluding hydrogens is 693 g/mol. The molecule has 2 amide bonds. The first-order chi connectivity index (χ1) is 22.9. The lowest BCUT2D eigenvalue weighted by Gasteiger charge is -2.29. The van der Waals surface area contributed by atoms with Gasteiger partial charge >= 0.3 is 0 Å². The third kappa shape index (κ3) is 7.53. The van der Waals surface area contributed by atoms with Crippen LogP contribution in [0.25, 0.3) is 11.4 Å². The molecule has 2 aromatic carbocycles. The van der Waals surface area contributed by atoms with E-state index < -0.39 is 31.9 Å². The first-order valence-electron chi connectivity index (χ1n) is 15.6. The van der Waals surface area contributed by atoms with E-state index in [0.29, 0.717) is 70.8 Å². The molecule has 48 heavy (non-hydrogen) atoms. The molecule has 2 aliphatic rings. The van der Waals surface area contributed by atoms with Gasteiger partial charge in [-0.15, -0.1) is 22.7 Å². The molecule has 4 aromatic rings. The van der Waals surface area contributed by atoms with E-state index >= 15 is 0 Å². The van der Waals surface area contributed by atoms with E-state index in [9.17, 15) is 26.4 Å². The number of hydrogen-bond acceptors (Lipinski definition) is 10. The van der Waals surface area contributed by atoms with Crippen LogP contribution in [0, 0.1) is 11.8 Å². The van der Waals surface area contributed by atoms with Gasteiger partial charge in [-0.1, -0.05) is 13.8 Å². The molecule has 0 radical (unpaired) electrons. The summed E-state index contributed by atoms with van der Waals surface area (Å²) >= 11 is 2.41. The van der Waals surface area contributed by atoms with Crippen molar-refractivity contribution >= 4 is 64.8 Å². The van der Waals surface area contributed by atoms with Crippen molar-refractivity contribution in [2.24, 2.45) is 11.8 Å². The Morgan fingerprint density at radius 3 is 1.29 bits per heavy atom. The minimum atomic E-state index is -3.61. The second kappa shape index (κ2) is 14.1. The zero-order valence-electron chi connectivity index (χ0n) is 26.5. The average Bonchev–Trinajstić information content (AvgIpc) is 3.75. The highest BCUT2D eigenvalue weighted by molar-refractivity contribution is 7.89. The summed E-state index contributed by atoms with van der Waals surface area (Å²) in [5.41, 5.74) is 1.60. The number of aromatic nitrogens is 2. The van der Waals surface area contributed by atoms with Gasteiger partial charge in [0, 0.05) is 48.1 Å². The summed E-state index contributed by atoms with van der Waals surface area (Å²) in [5, 5.41) is 9.61. The summed E-state index contributed by atoms with van der Waals surface area (Å²) in [4.78, 5) is 35.0. The fraction of sp³-hybridized carbons (Fsp3) is 0.375. The predicted octanol–water partition coefficient (Wildman–Crippen LogP) is 5.61. The Morgan fingerprint density at radius 2 is 0.958 bits per heavy atom. The third-order valence-corrected chi connectivity index (χ3v) is 14.0. The molecular formula is C32H36N6O6S4. The number of anilines is 2. The smallest absolute Gasteiger partial charge is 0.257 e. The van der Waals surface area contributed by atoms with Gasteiger partial charge in [-0.25, -0.2) is 26.8 Å². The molecule has 2 fully saturated rings. The molecule has 2 N–H and O–H groups in total. The highest BCUT2D eigenvalue weighted by Gasteiger charge is 2.29. The molecule has 0 aliphatic carbocycles.